The molecule has 0 unspecified atom stereocenters. The zero-order valence-corrected chi connectivity index (χ0v) is 13.7. The van der Waals surface area contributed by atoms with E-state index in [0.717, 1.165) is 5.56 Å². The minimum atomic E-state index is -0.412. The molecule has 4 rings (SSSR count). The monoisotopic (exact) mass is 348 g/mol. The summed E-state index contributed by atoms with van der Waals surface area (Å²) in [5, 5.41) is 12.3. The molecule has 4 aromatic rings. The van der Waals surface area contributed by atoms with Crippen LogP contribution in [0.1, 0.15) is 0 Å². The van der Waals surface area contributed by atoms with Gasteiger partial charge in [0, 0.05) is 30.1 Å². The van der Waals surface area contributed by atoms with Crippen molar-refractivity contribution in [1.29, 1.82) is 0 Å². The summed E-state index contributed by atoms with van der Waals surface area (Å²) in [6, 6.07) is 13.5. The van der Waals surface area contributed by atoms with Crippen LogP contribution in [0.3, 0.4) is 0 Å². The van der Waals surface area contributed by atoms with Crippen LogP contribution < -0.4 is 4.74 Å². The zero-order chi connectivity index (χ0) is 17.9. The van der Waals surface area contributed by atoms with Gasteiger partial charge in [-0.15, -0.1) is 15.0 Å². The first-order chi connectivity index (χ1) is 12.7. The van der Waals surface area contributed by atoms with Crippen LogP contribution in [0.4, 0.5) is 4.39 Å². The summed E-state index contributed by atoms with van der Waals surface area (Å²) in [6.45, 7) is 0. The third-order valence-corrected chi connectivity index (χ3v) is 3.70. The number of pyridine rings is 2. The van der Waals surface area contributed by atoms with E-state index in [2.05, 4.69) is 25.4 Å². The summed E-state index contributed by atoms with van der Waals surface area (Å²) in [7, 11) is 1.54. The summed E-state index contributed by atoms with van der Waals surface area (Å²) < 4.78 is 19.2. The van der Waals surface area contributed by atoms with Gasteiger partial charge in [0.05, 0.1) is 12.8 Å². The molecule has 1 aromatic carbocycles. The van der Waals surface area contributed by atoms with E-state index in [0.29, 0.717) is 28.6 Å². The summed E-state index contributed by atoms with van der Waals surface area (Å²) in [6.07, 6.45) is 3.26. The van der Waals surface area contributed by atoms with Crippen LogP contribution >= 0.6 is 0 Å². The quantitative estimate of drug-likeness (QED) is 0.564. The van der Waals surface area contributed by atoms with Crippen LogP contribution in [-0.4, -0.2) is 37.3 Å². The molecular weight excluding hydrogens is 335 g/mol. The molecule has 0 bridgehead atoms. The van der Waals surface area contributed by atoms with E-state index >= 15 is 0 Å². The average molecular weight is 348 g/mol. The predicted octanol–water partition coefficient (Wildman–Crippen LogP) is 2.93. The topological polar surface area (TPSA) is 78.6 Å². The molecule has 8 heteroatoms. The minimum absolute atomic E-state index is 0.363. The number of rotatable bonds is 4. The molecule has 128 valence electrons. The molecule has 7 nitrogen and oxygen atoms in total. The predicted molar refractivity (Wildman–Crippen MR) is 92.1 cm³/mol. The van der Waals surface area contributed by atoms with E-state index in [-0.39, 0.29) is 0 Å². The molecule has 0 N–H and O–H groups in total. The van der Waals surface area contributed by atoms with Crippen molar-refractivity contribution in [2.24, 2.45) is 0 Å². The maximum absolute atomic E-state index is 14.1. The molecule has 0 radical (unpaired) electrons. The fraction of sp³-hybridized carbons (Fsp3) is 0.0556. The van der Waals surface area contributed by atoms with Crippen molar-refractivity contribution in [3.05, 3.63) is 66.7 Å². The van der Waals surface area contributed by atoms with Crippen LogP contribution in [0.5, 0.6) is 5.88 Å². The number of nitrogens with zero attached hydrogens (tertiary/aromatic N) is 6. The largest absolute Gasteiger partial charge is 0.481 e. The highest BCUT2D eigenvalue weighted by Crippen LogP contribution is 2.24. The number of hydrogen-bond acceptors (Lipinski definition) is 6. The Morgan fingerprint density at radius 1 is 1.00 bits per heavy atom. The average Bonchev–Trinajstić information content (AvgIpc) is 3.19. The van der Waals surface area contributed by atoms with Crippen molar-refractivity contribution in [2.75, 3.05) is 7.11 Å². The number of tetrazole rings is 1. The first kappa shape index (κ1) is 15.8. The SMILES string of the molecule is COc1ccc(-c2cc(F)cc(-n3nnc(-c4ccccn4)n3)c2)cn1. The summed E-state index contributed by atoms with van der Waals surface area (Å²) >= 11 is 0. The number of halogens is 1. The Kier molecular flexibility index (Phi) is 4.06. The van der Waals surface area contributed by atoms with Crippen molar-refractivity contribution in [3.8, 4) is 34.2 Å². The number of benzene rings is 1. The molecule has 0 aliphatic carbocycles. The highest BCUT2D eigenvalue weighted by atomic mass is 19.1. The molecule has 26 heavy (non-hydrogen) atoms. The van der Waals surface area contributed by atoms with E-state index in [1.807, 2.05) is 6.07 Å². The maximum Gasteiger partial charge on any atom is 0.223 e. The van der Waals surface area contributed by atoms with Gasteiger partial charge in [0.1, 0.15) is 11.5 Å². The smallest absolute Gasteiger partial charge is 0.223 e. The lowest BCUT2D eigenvalue weighted by atomic mass is 10.1. The molecule has 3 heterocycles. The number of ether oxygens (including phenoxy) is 1. The highest BCUT2D eigenvalue weighted by Gasteiger charge is 2.11. The van der Waals surface area contributed by atoms with Gasteiger partial charge in [0.15, 0.2) is 0 Å². The molecule has 0 amide bonds. The number of methoxy groups -OCH3 is 1. The van der Waals surface area contributed by atoms with Crippen molar-refractivity contribution >= 4 is 0 Å². The first-order valence-corrected chi connectivity index (χ1v) is 7.76. The minimum Gasteiger partial charge on any atom is -0.481 e. The zero-order valence-electron chi connectivity index (χ0n) is 13.7. The molecule has 0 atom stereocenters. The van der Waals surface area contributed by atoms with Gasteiger partial charge in [-0.2, -0.15) is 0 Å². The Hall–Kier alpha value is -3.68. The van der Waals surface area contributed by atoms with Gasteiger partial charge in [-0.25, -0.2) is 9.37 Å². The van der Waals surface area contributed by atoms with Gasteiger partial charge in [0.25, 0.3) is 0 Å². The van der Waals surface area contributed by atoms with Gasteiger partial charge in [0.2, 0.25) is 11.7 Å². The number of hydrogen-bond donors (Lipinski definition) is 0. The third kappa shape index (κ3) is 3.12. The third-order valence-electron chi connectivity index (χ3n) is 3.70. The second kappa shape index (κ2) is 6.67. The van der Waals surface area contributed by atoms with Gasteiger partial charge in [-0.1, -0.05) is 6.07 Å². The van der Waals surface area contributed by atoms with Gasteiger partial charge < -0.3 is 4.74 Å². The standard InChI is InChI=1S/C18H13FN6O/c1-26-17-6-5-12(11-21-17)13-8-14(19)10-15(9-13)25-23-18(22-24-25)16-4-2-3-7-20-16/h2-11H,1H3. The molecule has 0 saturated heterocycles. The molecular formula is C18H13FN6O. The van der Waals surface area contributed by atoms with Crippen molar-refractivity contribution in [3.63, 3.8) is 0 Å². The van der Waals surface area contributed by atoms with E-state index in [4.69, 9.17) is 4.74 Å². The van der Waals surface area contributed by atoms with Crippen molar-refractivity contribution in [1.82, 2.24) is 30.2 Å². The second-order valence-electron chi connectivity index (χ2n) is 5.40. The Labute approximate surface area is 148 Å². The summed E-state index contributed by atoms with van der Waals surface area (Å²) in [5.41, 5.74) is 2.43. The van der Waals surface area contributed by atoms with E-state index in [9.17, 15) is 4.39 Å². The van der Waals surface area contributed by atoms with E-state index in [1.54, 1.807) is 42.7 Å². The fourth-order valence-corrected chi connectivity index (χ4v) is 2.45. The van der Waals surface area contributed by atoms with Crippen molar-refractivity contribution in [2.45, 2.75) is 0 Å². The van der Waals surface area contributed by atoms with Crippen LogP contribution in [0, 0.1) is 5.82 Å². The normalized spacial score (nSPS) is 10.7. The number of aromatic nitrogens is 6. The Morgan fingerprint density at radius 2 is 1.92 bits per heavy atom. The van der Waals surface area contributed by atoms with Crippen LogP contribution in [0.25, 0.3) is 28.3 Å². The second-order valence-corrected chi connectivity index (χ2v) is 5.40. The first-order valence-electron chi connectivity index (χ1n) is 7.76. The van der Waals surface area contributed by atoms with Crippen LogP contribution in [0.15, 0.2) is 60.9 Å². The molecule has 0 aliphatic rings. The van der Waals surface area contributed by atoms with Gasteiger partial charge >= 0.3 is 0 Å². The Bertz CT molecular complexity index is 1030. The molecule has 0 fully saturated rings. The lowest BCUT2D eigenvalue weighted by Crippen LogP contribution is -2.00. The van der Waals surface area contributed by atoms with E-state index < -0.39 is 5.82 Å². The molecule has 3 aromatic heterocycles. The highest BCUT2D eigenvalue weighted by molar-refractivity contribution is 5.65. The lowest BCUT2D eigenvalue weighted by molar-refractivity contribution is 0.398. The fourth-order valence-electron chi connectivity index (χ4n) is 2.45. The van der Waals surface area contributed by atoms with Gasteiger partial charge in [-0.05, 0) is 41.1 Å². The molecule has 0 spiro atoms. The van der Waals surface area contributed by atoms with Gasteiger partial charge in [-0.3, -0.25) is 4.98 Å². The molecule has 0 saturated carbocycles. The van der Waals surface area contributed by atoms with E-state index in [1.165, 1.54) is 24.0 Å². The Balaban J connectivity index is 1.71. The lowest BCUT2D eigenvalue weighted by Gasteiger charge is -2.06. The summed E-state index contributed by atoms with van der Waals surface area (Å²) in [5.74, 6) is 0.441. The van der Waals surface area contributed by atoms with Crippen LogP contribution in [0.2, 0.25) is 0 Å². The van der Waals surface area contributed by atoms with Crippen molar-refractivity contribution < 1.29 is 9.13 Å². The summed E-state index contributed by atoms with van der Waals surface area (Å²) in [4.78, 5) is 9.60. The maximum atomic E-state index is 14.1. The molecule has 0 aliphatic heterocycles. The van der Waals surface area contributed by atoms with Crippen LogP contribution in [-0.2, 0) is 0 Å². The Morgan fingerprint density at radius 3 is 2.65 bits per heavy atom.